The van der Waals surface area contributed by atoms with Gasteiger partial charge in [0, 0.05) is 56.8 Å². The Hall–Kier alpha value is -2.56. The number of nitrogens with zero attached hydrogens (tertiary/aromatic N) is 7. The summed E-state index contributed by atoms with van der Waals surface area (Å²) < 4.78 is 27.5. The van der Waals surface area contributed by atoms with Crippen molar-refractivity contribution in [3.63, 3.8) is 0 Å². The molecule has 29 heavy (non-hydrogen) atoms. The number of H-pyrrole nitrogens is 1. The lowest BCUT2D eigenvalue weighted by Gasteiger charge is -2.32. The summed E-state index contributed by atoms with van der Waals surface area (Å²) in [6.07, 6.45) is 2.16. The summed E-state index contributed by atoms with van der Waals surface area (Å²) in [5, 5.41) is 10.5. The minimum Gasteiger partial charge on any atom is -0.338 e. The summed E-state index contributed by atoms with van der Waals surface area (Å²) in [6.45, 7) is 3.22. The van der Waals surface area contributed by atoms with E-state index >= 15 is 0 Å². The topological polar surface area (TPSA) is 89.1 Å². The molecule has 0 unspecified atom stereocenters. The Labute approximate surface area is 167 Å². The largest absolute Gasteiger partial charge is 0.338 e. The zero-order valence-electron chi connectivity index (χ0n) is 16.4. The minimum absolute atomic E-state index is 0.185. The van der Waals surface area contributed by atoms with Crippen LogP contribution in [0.1, 0.15) is 30.9 Å². The molecule has 156 valence electrons. The molecule has 0 amide bonds. The van der Waals surface area contributed by atoms with Crippen molar-refractivity contribution in [3.8, 4) is 0 Å². The molecule has 2 N–H and O–H groups in total. The second kappa shape index (κ2) is 7.05. The van der Waals surface area contributed by atoms with E-state index in [1.807, 2.05) is 6.07 Å². The monoisotopic (exact) mass is 405 g/mol. The standard InChI is InChI=1S/C18H25F2N9/c1-27-6-8-28(9-7-27)16-22-15(21-14-10-13(25-26-14)12-2-3-12)23-17(24-16)29-5-4-18(19,20)11-29/h10,12H,2-9,11H2,1H3,(H2,21,22,23,24,25,26). The van der Waals surface area contributed by atoms with Gasteiger partial charge in [-0.15, -0.1) is 0 Å². The highest BCUT2D eigenvalue weighted by atomic mass is 19.3. The third-order valence-corrected chi connectivity index (χ3v) is 5.71. The van der Waals surface area contributed by atoms with E-state index in [1.54, 1.807) is 0 Å². The molecule has 0 spiro atoms. The number of anilines is 4. The number of piperazine rings is 1. The number of alkyl halides is 2. The normalized spacial score (nSPS) is 22.3. The average Bonchev–Trinajstić information content (AvgIpc) is 3.34. The molecule has 2 aliphatic heterocycles. The number of rotatable bonds is 5. The fraction of sp³-hybridized carbons (Fsp3) is 0.667. The highest BCUT2D eigenvalue weighted by Gasteiger charge is 2.39. The lowest BCUT2D eigenvalue weighted by Crippen LogP contribution is -2.45. The number of halogens is 2. The SMILES string of the molecule is CN1CCN(c2nc(Nc3cc(C4CC4)[nH]n3)nc(N3CCC(F)(F)C3)n2)CC1. The summed E-state index contributed by atoms with van der Waals surface area (Å²) in [5.41, 5.74) is 1.10. The summed E-state index contributed by atoms with van der Waals surface area (Å²) in [5.74, 6) is -0.409. The number of hydrogen-bond acceptors (Lipinski definition) is 8. The van der Waals surface area contributed by atoms with Crippen LogP contribution in [0.4, 0.5) is 32.4 Å². The molecule has 5 rings (SSSR count). The van der Waals surface area contributed by atoms with Crippen LogP contribution in [0, 0.1) is 0 Å². The Bertz CT molecular complexity index is 874. The molecule has 1 saturated carbocycles. The van der Waals surface area contributed by atoms with Gasteiger partial charge in [0.15, 0.2) is 5.82 Å². The predicted molar refractivity (Wildman–Crippen MR) is 105 cm³/mol. The lowest BCUT2D eigenvalue weighted by molar-refractivity contribution is 0.0256. The van der Waals surface area contributed by atoms with Crippen LogP contribution in [0.5, 0.6) is 0 Å². The molecule has 2 aromatic rings. The quantitative estimate of drug-likeness (QED) is 0.779. The van der Waals surface area contributed by atoms with Crippen LogP contribution in [0.2, 0.25) is 0 Å². The zero-order chi connectivity index (χ0) is 20.0. The predicted octanol–water partition coefficient (Wildman–Crippen LogP) is 1.81. The lowest BCUT2D eigenvalue weighted by atomic mass is 10.3. The summed E-state index contributed by atoms with van der Waals surface area (Å²) >= 11 is 0. The van der Waals surface area contributed by atoms with Crippen molar-refractivity contribution in [2.45, 2.75) is 31.1 Å². The van der Waals surface area contributed by atoms with Crippen LogP contribution in [0.15, 0.2) is 6.07 Å². The summed E-state index contributed by atoms with van der Waals surface area (Å²) in [4.78, 5) is 19.4. The van der Waals surface area contributed by atoms with Gasteiger partial charge in [-0.25, -0.2) is 8.78 Å². The Kier molecular flexibility index (Phi) is 4.49. The van der Waals surface area contributed by atoms with E-state index in [2.05, 4.69) is 47.3 Å². The number of likely N-dealkylation sites (N-methyl/N-ethyl adjacent to an activating group) is 1. The maximum absolute atomic E-state index is 13.8. The van der Waals surface area contributed by atoms with Crippen molar-refractivity contribution in [1.82, 2.24) is 30.0 Å². The number of hydrogen-bond donors (Lipinski definition) is 2. The highest BCUT2D eigenvalue weighted by Crippen LogP contribution is 2.39. The van der Waals surface area contributed by atoms with Gasteiger partial charge in [0.1, 0.15) is 0 Å². The van der Waals surface area contributed by atoms with Crippen LogP contribution in [0.25, 0.3) is 0 Å². The number of aromatic amines is 1. The number of aromatic nitrogens is 5. The first-order valence-electron chi connectivity index (χ1n) is 10.1. The molecule has 1 aliphatic carbocycles. The van der Waals surface area contributed by atoms with Gasteiger partial charge in [-0.2, -0.15) is 20.1 Å². The van der Waals surface area contributed by atoms with Gasteiger partial charge < -0.3 is 20.0 Å². The molecular formula is C18H25F2N9. The first kappa shape index (κ1) is 18.5. The molecule has 0 bridgehead atoms. The van der Waals surface area contributed by atoms with Crippen LogP contribution in [-0.4, -0.2) is 82.3 Å². The van der Waals surface area contributed by atoms with E-state index in [0.29, 0.717) is 23.6 Å². The van der Waals surface area contributed by atoms with Crippen LogP contribution < -0.4 is 15.1 Å². The Morgan fingerprint density at radius 3 is 2.41 bits per heavy atom. The van der Waals surface area contributed by atoms with E-state index in [9.17, 15) is 8.78 Å². The van der Waals surface area contributed by atoms with Crippen LogP contribution >= 0.6 is 0 Å². The van der Waals surface area contributed by atoms with Crippen molar-refractivity contribution < 1.29 is 8.78 Å². The summed E-state index contributed by atoms with van der Waals surface area (Å²) in [7, 11) is 2.07. The Balaban J connectivity index is 1.42. The van der Waals surface area contributed by atoms with Gasteiger partial charge in [0.2, 0.25) is 17.8 Å². The van der Waals surface area contributed by atoms with E-state index in [1.165, 1.54) is 17.7 Å². The van der Waals surface area contributed by atoms with Gasteiger partial charge in [0.05, 0.1) is 6.54 Å². The fourth-order valence-electron chi connectivity index (χ4n) is 3.72. The van der Waals surface area contributed by atoms with E-state index in [4.69, 9.17) is 0 Å². The summed E-state index contributed by atoms with van der Waals surface area (Å²) in [6, 6.07) is 1.96. The van der Waals surface area contributed by atoms with E-state index < -0.39 is 5.92 Å². The molecule has 0 radical (unpaired) electrons. The maximum Gasteiger partial charge on any atom is 0.267 e. The van der Waals surface area contributed by atoms with Gasteiger partial charge in [-0.1, -0.05) is 0 Å². The molecule has 3 aliphatic rings. The first-order chi connectivity index (χ1) is 13.9. The molecule has 0 atom stereocenters. The minimum atomic E-state index is -2.71. The smallest absolute Gasteiger partial charge is 0.267 e. The molecule has 3 fully saturated rings. The molecule has 2 saturated heterocycles. The molecule has 11 heteroatoms. The zero-order valence-corrected chi connectivity index (χ0v) is 16.4. The fourth-order valence-corrected chi connectivity index (χ4v) is 3.72. The Morgan fingerprint density at radius 1 is 1.03 bits per heavy atom. The molecule has 0 aromatic carbocycles. The second-order valence-electron chi connectivity index (χ2n) is 8.18. The first-order valence-corrected chi connectivity index (χ1v) is 10.1. The van der Waals surface area contributed by atoms with Crippen LogP contribution in [-0.2, 0) is 0 Å². The third-order valence-electron chi connectivity index (χ3n) is 5.71. The number of nitrogens with one attached hydrogen (secondary N) is 2. The Morgan fingerprint density at radius 2 is 1.76 bits per heavy atom. The van der Waals surface area contributed by atoms with Gasteiger partial charge in [0.25, 0.3) is 5.92 Å². The van der Waals surface area contributed by atoms with E-state index in [-0.39, 0.29) is 25.5 Å². The van der Waals surface area contributed by atoms with Crippen molar-refractivity contribution in [2.24, 2.45) is 0 Å². The third kappa shape index (κ3) is 4.09. The molecular weight excluding hydrogens is 380 g/mol. The second-order valence-corrected chi connectivity index (χ2v) is 8.18. The van der Waals surface area contributed by atoms with Crippen molar-refractivity contribution in [1.29, 1.82) is 0 Å². The van der Waals surface area contributed by atoms with Crippen molar-refractivity contribution in [2.75, 3.05) is 61.4 Å². The average molecular weight is 405 g/mol. The molecule has 4 heterocycles. The van der Waals surface area contributed by atoms with Gasteiger partial charge in [-0.3, -0.25) is 5.10 Å². The van der Waals surface area contributed by atoms with Gasteiger partial charge in [-0.05, 0) is 19.9 Å². The van der Waals surface area contributed by atoms with E-state index in [0.717, 1.165) is 31.9 Å². The molecule has 9 nitrogen and oxygen atoms in total. The van der Waals surface area contributed by atoms with Crippen molar-refractivity contribution >= 4 is 23.7 Å². The van der Waals surface area contributed by atoms with Crippen molar-refractivity contribution in [3.05, 3.63) is 11.8 Å². The maximum atomic E-state index is 13.8. The molecule has 2 aromatic heterocycles. The highest BCUT2D eigenvalue weighted by molar-refractivity contribution is 5.54. The van der Waals surface area contributed by atoms with Gasteiger partial charge >= 0.3 is 0 Å². The van der Waals surface area contributed by atoms with Crippen LogP contribution in [0.3, 0.4) is 0 Å².